The number of carbonyl (C=O) groups excluding carboxylic acids is 1. The van der Waals surface area contributed by atoms with Crippen LogP contribution in [0.3, 0.4) is 0 Å². The van der Waals surface area contributed by atoms with Crippen molar-refractivity contribution in [2.24, 2.45) is 0 Å². The predicted molar refractivity (Wildman–Crippen MR) is 249 cm³/mol. The van der Waals surface area contributed by atoms with Gasteiger partial charge in [-0.15, -0.1) is 0 Å². The minimum atomic E-state index is -1.22. The van der Waals surface area contributed by atoms with E-state index in [4.69, 9.17) is 33.2 Å². The molecule has 330 valence electrons. The van der Waals surface area contributed by atoms with Gasteiger partial charge in [-0.25, -0.2) is 9.59 Å². The number of benzene rings is 8. The highest BCUT2D eigenvalue weighted by Gasteiger charge is 2.31. The van der Waals surface area contributed by atoms with Crippen molar-refractivity contribution in [2.75, 3.05) is 0 Å². The van der Waals surface area contributed by atoms with Crippen LogP contribution in [0.15, 0.2) is 200 Å². The largest absolute Gasteiger partial charge is 0.485 e. The minimum absolute atomic E-state index is 0.0114. The number of esters is 1. The lowest BCUT2D eigenvalue weighted by atomic mass is 10.1. The summed E-state index contributed by atoms with van der Waals surface area (Å²) in [6.45, 7) is 0.248. The first-order valence-corrected chi connectivity index (χ1v) is 21.3. The number of carboxylic acids is 1. The Kier molecular flexibility index (Phi) is 14.9. The van der Waals surface area contributed by atoms with Crippen molar-refractivity contribution in [3.63, 3.8) is 0 Å². The van der Waals surface area contributed by atoms with Gasteiger partial charge in [0.25, 0.3) is 0 Å². The Bertz CT molecular complexity index is 2740. The highest BCUT2D eigenvalue weighted by atomic mass is 16.6. The molecule has 0 amide bonds. The Morgan fingerprint density at radius 1 is 0.348 bits per heavy atom. The Labute approximate surface area is 383 Å². The molecule has 0 aliphatic heterocycles. The SMILES string of the molecule is O=C(O)c1cc(OCc2ccccc2)c(Oc2c(C(=O)OCc3ccccc3)cc(OCc3ccccc3)c(OCc3ccccc3)c2OCc2ccccc2)c(OCc2ccccc2)c1. The van der Waals surface area contributed by atoms with Crippen molar-refractivity contribution in [1.29, 1.82) is 0 Å². The Morgan fingerprint density at radius 3 is 1.03 bits per heavy atom. The Morgan fingerprint density at radius 2 is 0.667 bits per heavy atom. The van der Waals surface area contributed by atoms with Crippen LogP contribution in [0.2, 0.25) is 0 Å². The molecule has 8 aromatic rings. The third kappa shape index (κ3) is 11.9. The van der Waals surface area contributed by atoms with Gasteiger partial charge in [0.1, 0.15) is 45.2 Å². The second-order valence-corrected chi connectivity index (χ2v) is 15.1. The van der Waals surface area contributed by atoms with E-state index in [-0.39, 0.29) is 91.0 Å². The van der Waals surface area contributed by atoms with Gasteiger partial charge in [0.2, 0.25) is 17.2 Å². The van der Waals surface area contributed by atoms with E-state index in [1.807, 2.05) is 182 Å². The zero-order chi connectivity index (χ0) is 45.3. The van der Waals surface area contributed by atoms with Crippen LogP contribution in [0.5, 0.6) is 40.2 Å². The first-order chi connectivity index (χ1) is 32.5. The third-order valence-corrected chi connectivity index (χ3v) is 10.2. The number of carboxylic acid groups (broad SMARTS) is 1. The summed E-state index contributed by atoms with van der Waals surface area (Å²) in [5.74, 6) is -1.75. The van der Waals surface area contributed by atoms with Gasteiger partial charge in [-0.1, -0.05) is 182 Å². The summed E-state index contributed by atoms with van der Waals surface area (Å²) in [7, 11) is 0. The molecule has 0 radical (unpaired) electrons. The van der Waals surface area contributed by atoms with E-state index >= 15 is 0 Å². The predicted octanol–water partition coefficient (Wildman–Crippen LogP) is 12.4. The van der Waals surface area contributed by atoms with Crippen LogP contribution in [0, 0.1) is 0 Å². The fraction of sp³-hybridized carbons (Fsp3) is 0.107. The number of hydrogen-bond acceptors (Lipinski definition) is 9. The van der Waals surface area contributed by atoms with Crippen molar-refractivity contribution >= 4 is 11.9 Å². The maximum atomic E-state index is 14.7. The lowest BCUT2D eigenvalue weighted by Gasteiger charge is -2.24. The topological polar surface area (TPSA) is 119 Å². The lowest BCUT2D eigenvalue weighted by molar-refractivity contribution is 0.0467. The van der Waals surface area contributed by atoms with E-state index in [0.717, 1.165) is 33.4 Å². The molecular weight excluding hydrogens is 833 g/mol. The minimum Gasteiger partial charge on any atom is -0.485 e. The van der Waals surface area contributed by atoms with Gasteiger partial charge in [-0.2, -0.15) is 0 Å². The second-order valence-electron chi connectivity index (χ2n) is 15.1. The van der Waals surface area contributed by atoms with Gasteiger partial charge in [0.15, 0.2) is 23.0 Å². The molecule has 0 aromatic heterocycles. The lowest BCUT2D eigenvalue weighted by Crippen LogP contribution is -2.12. The summed E-state index contributed by atoms with van der Waals surface area (Å²) in [4.78, 5) is 27.4. The van der Waals surface area contributed by atoms with E-state index in [2.05, 4.69) is 0 Å². The van der Waals surface area contributed by atoms with Crippen molar-refractivity contribution in [3.05, 3.63) is 245 Å². The van der Waals surface area contributed by atoms with E-state index < -0.39 is 11.9 Å². The number of ether oxygens (including phenoxy) is 7. The third-order valence-electron chi connectivity index (χ3n) is 10.2. The maximum Gasteiger partial charge on any atom is 0.342 e. The molecule has 0 atom stereocenters. The quantitative estimate of drug-likeness (QED) is 0.0699. The summed E-state index contributed by atoms with van der Waals surface area (Å²) in [5, 5.41) is 10.4. The maximum absolute atomic E-state index is 14.7. The van der Waals surface area contributed by atoms with Crippen molar-refractivity contribution in [1.82, 2.24) is 0 Å². The summed E-state index contributed by atoms with van der Waals surface area (Å²) in [6, 6.07) is 61.0. The summed E-state index contributed by atoms with van der Waals surface area (Å²) >= 11 is 0. The zero-order valence-corrected chi connectivity index (χ0v) is 35.9. The summed E-state index contributed by atoms with van der Waals surface area (Å²) in [5.41, 5.74) is 4.72. The molecule has 10 heteroatoms. The summed E-state index contributed by atoms with van der Waals surface area (Å²) in [6.07, 6.45) is 0. The van der Waals surface area contributed by atoms with Gasteiger partial charge in [0.05, 0.1) is 5.56 Å². The monoisotopic (exact) mass is 878 g/mol. The molecule has 0 spiro atoms. The molecule has 0 saturated carbocycles. The average Bonchev–Trinajstić information content (AvgIpc) is 3.37. The molecule has 0 heterocycles. The van der Waals surface area contributed by atoms with Crippen LogP contribution in [0.1, 0.15) is 54.1 Å². The molecule has 0 fully saturated rings. The number of aromatic carboxylic acids is 1. The molecule has 8 rings (SSSR count). The van der Waals surface area contributed by atoms with Crippen LogP contribution in [-0.4, -0.2) is 17.0 Å². The second kappa shape index (κ2) is 22.2. The zero-order valence-electron chi connectivity index (χ0n) is 35.9. The van der Waals surface area contributed by atoms with E-state index in [9.17, 15) is 14.7 Å². The van der Waals surface area contributed by atoms with Crippen LogP contribution in [-0.2, 0) is 44.4 Å². The van der Waals surface area contributed by atoms with Crippen LogP contribution >= 0.6 is 0 Å². The highest BCUT2D eigenvalue weighted by Crippen LogP contribution is 2.53. The fourth-order valence-corrected chi connectivity index (χ4v) is 6.81. The van der Waals surface area contributed by atoms with Gasteiger partial charge < -0.3 is 38.3 Å². The number of rotatable bonds is 21. The standard InChI is InChI=1S/C56H46O10/c57-55(58)46-31-48(60-34-40-19-7-1-8-20-40)52(49(32-46)61-35-41-21-9-2-10-22-41)66-51-47(56(59)65-39-45-29-17-6-18-30-45)33-50(62-36-42-23-11-3-12-24-42)53(63-37-43-25-13-4-14-26-43)54(51)64-38-44-27-15-5-16-28-44/h1-33H,34-39H2,(H,57,58). The molecule has 0 aliphatic rings. The average molecular weight is 879 g/mol. The molecule has 0 bridgehead atoms. The summed E-state index contributed by atoms with van der Waals surface area (Å²) < 4.78 is 45.8. The molecule has 1 N–H and O–H groups in total. The normalized spacial score (nSPS) is 10.7. The first-order valence-electron chi connectivity index (χ1n) is 21.3. The van der Waals surface area contributed by atoms with E-state index in [0.29, 0.717) is 0 Å². The molecule has 66 heavy (non-hydrogen) atoms. The fourth-order valence-electron chi connectivity index (χ4n) is 6.81. The first kappa shape index (κ1) is 44.1. The molecule has 0 aliphatic carbocycles. The number of hydrogen-bond donors (Lipinski definition) is 1. The Balaban J connectivity index is 1.33. The highest BCUT2D eigenvalue weighted by molar-refractivity contribution is 5.96. The van der Waals surface area contributed by atoms with E-state index in [1.165, 1.54) is 18.2 Å². The van der Waals surface area contributed by atoms with Gasteiger partial charge >= 0.3 is 11.9 Å². The number of carbonyl (C=O) groups is 2. The van der Waals surface area contributed by atoms with Gasteiger partial charge in [-0.05, 0) is 45.5 Å². The molecule has 8 aromatic carbocycles. The molecule has 0 saturated heterocycles. The molecular formula is C56H46O10. The van der Waals surface area contributed by atoms with Gasteiger partial charge in [-0.3, -0.25) is 0 Å². The van der Waals surface area contributed by atoms with Crippen molar-refractivity contribution < 1.29 is 47.9 Å². The Hall–Kier alpha value is -8.50. The molecule has 10 nitrogen and oxygen atoms in total. The van der Waals surface area contributed by atoms with Gasteiger partial charge in [0, 0.05) is 6.07 Å². The van der Waals surface area contributed by atoms with Crippen LogP contribution in [0.4, 0.5) is 0 Å². The van der Waals surface area contributed by atoms with E-state index in [1.54, 1.807) is 0 Å². The van der Waals surface area contributed by atoms with Crippen molar-refractivity contribution in [3.8, 4) is 40.2 Å². The smallest absolute Gasteiger partial charge is 0.342 e. The van der Waals surface area contributed by atoms with Crippen LogP contribution in [0.25, 0.3) is 0 Å². The molecule has 0 unspecified atom stereocenters. The van der Waals surface area contributed by atoms with Crippen molar-refractivity contribution in [2.45, 2.75) is 39.6 Å². The van der Waals surface area contributed by atoms with Crippen LogP contribution < -0.4 is 28.4 Å².